The SMILES string of the molecule is CC(C)n1cnnc1-c1ccccc1NC(=O)N(C)CCC(=O)O. The average Bonchev–Trinajstić information content (AvgIpc) is 3.02. The van der Waals surface area contributed by atoms with Crippen LogP contribution in [0.3, 0.4) is 0 Å². The fraction of sp³-hybridized carbons (Fsp3) is 0.375. The van der Waals surface area contributed by atoms with E-state index < -0.39 is 5.97 Å². The number of nitrogens with zero attached hydrogens (tertiary/aromatic N) is 4. The topological polar surface area (TPSA) is 100 Å². The van der Waals surface area contributed by atoms with E-state index in [1.165, 1.54) is 4.90 Å². The van der Waals surface area contributed by atoms with E-state index in [0.29, 0.717) is 11.5 Å². The van der Waals surface area contributed by atoms with Crippen LogP contribution in [0, 0.1) is 0 Å². The van der Waals surface area contributed by atoms with Gasteiger partial charge in [-0.3, -0.25) is 4.79 Å². The number of carbonyl (C=O) groups excluding carboxylic acids is 1. The second-order valence-corrected chi connectivity index (χ2v) is 5.70. The number of urea groups is 1. The van der Waals surface area contributed by atoms with Crippen LogP contribution in [0.1, 0.15) is 26.3 Å². The lowest BCUT2D eigenvalue weighted by Crippen LogP contribution is -2.33. The first kappa shape index (κ1) is 17.5. The lowest BCUT2D eigenvalue weighted by molar-refractivity contribution is -0.137. The van der Waals surface area contributed by atoms with Crippen LogP contribution in [0.5, 0.6) is 0 Å². The second kappa shape index (κ2) is 7.58. The highest BCUT2D eigenvalue weighted by molar-refractivity contribution is 5.93. The van der Waals surface area contributed by atoms with Crippen LogP contribution in [0.15, 0.2) is 30.6 Å². The predicted molar refractivity (Wildman–Crippen MR) is 89.7 cm³/mol. The highest BCUT2D eigenvalue weighted by Crippen LogP contribution is 2.27. The number of amides is 2. The Morgan fingerprint density at radius 2 is 2.04 bits per heavy atom. The Labute approximate surface area is 140 Å². The molecule has 0 atom stereocenters. The smallest absolute Gasteiger partial charge is 0.321 e. The molecule has 0 fully saturated rings. The zero-order valence-electron chi connectivity index (χ0n) is 13.9. The third-order valence-corrected chi connectivity index (χ3v) is 3.55. The molecule has 2 rings (SSSR count). The highest BCUT2D eigenvalue weighted by atomic mass is 16.4. The molecule has 0 unspecified atom stereocenters. The van der Waals surface area contributed by atoms with E-state index in [1.54, 1.807) is 19.4 Å². The number of aliphatic carboxylic acids is 1. The number of hydrogen-bond acceptors (Lipinski definition) is 4. The Bertz CT molecular complexity index is 726. The van der Waals surface area contributed by atoms with Gasteiger partial charge in [0, 0.05) is 25.2 Å². The van der Waals surface area contributed by atoms with Crippen molar-refractivity contribution in [1.29, 1.82) is 0 Å². The summed E-state index contributed by atoms with van der Waals surface area (Å²) in [5.74, 6) is -0.283. The molecule has 1 aromatic heterocycles. The summed E-state index contributed by atoms with van der Waals surface area (Å²) in [4.78, 5) is 24.2. The lowest BCUT2D eigenvalue weighted by atomic mass is 10.1. The van der Waals surface area contributed by atoms with E-state index in [1.807, 2.05) is 36.6 Å². The van der Waals surface area contributed by atoms with Crippen molar-refractivity contribution in [2.45, 2.75) is 26.3 Å². The predicted octanol–water partition coefficient (Wildman–Crippen LogP) is 2.46. The minimum atomic E-state index is -0.944. The standard InChI is InChI=1S/C16H21N5O3/c1-11(2)21-10-17-19-15(21)12-6-4-5-7-13(12)18-16(24)20(3)9-8-14(22)23/h4-7,10-11H,8-9H2,1-3H3,(H,18,24)(H,22,23). The van der Waals surface area contributed by atoms with Gasteiger partial charge in [0.2, 0.25) is 0 Å². The number of carbonyl (C=O) groups is 2. The van der Waals surface area contributed by atoms with Gasteiger partial charge in [0.15, 0.2) is 5.82 Å². The molecule has 2 aromatic rings. The molecule has 8 heteroatoms. The lowest BCUT2D eigenvalue weighted by Gasteiger charge is -2.19. The van der Waals surface area contributed by atoms with Crippen LogP contribution in [0.25, 0.3) is 11.4 Å². The first-order valence-corrected chi connectivity index (χ1v) is 7.63. The minimum absolute atomic E-state index is 0.104. The number of anilines is 1. The quantitative estimate of drug-likeness (QED) is 0.847. The first-order chi connectivity index (χ1) is 11.4. The monoisotopic (exact) mass is 331 g/mol. The number of hydrogen-bond donors (Lipinski definition) is 2. The van der Waals surface area contributed by atoms with Gasteiger partial charge in [-0.15, -0.1) is 10.2 Å². The van der Waals surface area contributed by atoms with E-state index in [0.717, 1.165) is 5.56 Å². The Morgan fingerprint density at radius 3 is 2.71 bits per heavy atom. The molecule has 0 bridgehead atoms. The van der Waals surface area contributed by atoms with Gasteiger partial charge in [-0.25, -0.2) is 4.79 Å². The van der Waals surface area contributed by atoms with E-state index in [4.69, 9.17) is 5.11 Å². The van der Waals surface area contributed by atoms with Gasteiger partial charge >= 0.3 is 12.0 Å². The van der Waals surface area contributed by atoms with Gasteiger partial charge in [0.05, 0.1) is 12.1 Å². The van der Waals surface area contributed by atoms with Crippen LogP contribution < -0.4 is 5.32 Å². The molecule has 1 heterocycles. The Morgan fingerprint density at radius 1 is 1.33 bits per heavy atom. The van der Waals surface area contributed by atoms with Crippen LogP contribution >= 0.6 is 0 Å². The summed E-state index contributed by atoms with van der Waals surface area (Å²) in [5, 5.41) is 19.6. The van der Waals surface area contributed by atoms with Crippen LogP contribution in [-0.2, 0) is 4.79 Å². The molecule has 0 saturated heterocycles. The van der Waals surface area contributed by atoms with Crippen molar-refractivity contribution in [3.8, 4) is 11.4 Å². The molecular weight excluding hydrogens is 310 g/mol. The summed E-state index contributed by atoms with van der Waals surface area (Å²) in [6.07, 6.45) is 1.55. The molecule has 0 spiro atoms. The zero-order chi connectivity index (χ0) is 17.7. The van der Waals surface area contributed by atoms with Gasteiger partial charge in [-0.05, 0) is 26.0 Å². The molecule has 2 N–H and O–H groups in total. The Kier molecular flexibility index (Phi) is 5.51. The molecule has 24 heavy (non-hydrogen) atoms. The molecular formula is C16H21N5O3. The van der Waals surface area contributed by atoms with Gasteiger partial charge in [-0.2, -0.15) is 0 Å². The molecule has 128 valence electrons. The van der Waals surface area contributed by atoms with Crippen LogP contribution in [-0.4, -0.2) is 50.4 Å². The van der Waals surface area contributed by atoms with Gasteiger partial charge < -0.3 is 19.9 Å². The second-order valence-electron chi connectivity index (χ2n) is 5.70. The Balaban J connectivity index is 2.22. The summed E-state index contributed by atoms with van der Waals surface area (Å²) in [7, 11) is 1.55. The van der Waals surface area contributed by atoms with Crippen molar-refractivity contribution in [1.82, 2.24) is 19.7 Å². The summed E-state index contributed by atoms with van der Waals surface area (Å²) in [6.45, 7) is 4.17. The first-order valence-electron chi connectivity index (χ1n) is 7.63. The molecule has 0 aliphatic carbocycles. The molecule has 1 aromatic carbocycles. The van der Waals surface area contributed by atoms with Gasteiger partial charge in [0.1, 0.15) is 6.33 Å². The molecule has 2 amide bonds. The van der Waals surface area contributed by atoms with Crippen molar-refractivity contribution in [3.05, 3.63) is 30.6 Å². The van der Waals surface area contributed by atoms with E-state index in [2.05, 4.69) is 15.5 Å². The third kappa shape index (κ3) is 4.09. The van der Waals surface area contributed by atoms with Crippen molar-refractivity contribution in [2.24, 2.45) is 0 Å². The average molecular weight is 331 g/mol. The van der Waals surface area contributed by atoms with Gasteiger partial charge in [0.25, 0.3) is 0 Å². The fourth-order valence-corrected chi connectivity index (χ4v) is 2.18. The molecule has 0 saturated carbocycles. The molecule has 8 nitrogen and oxygen atoms in total. The van der Waals surface area contributed by atoms with E-state index >= 15 is 0 Å². The van der Waals surface area contributed by atoms with Crippen molar-refractivity contribution < 1.29 is 14.7 Å². The maximum Gasteiger partial charge on any atom is 0.321 e. The zero-order valence-corrected chi connectivity index (χ0v) is 13.9. The Hall–Kier alpha value is -2.90. The van der Waals surface area contributed by atoms with Crippen LogP contribution in [0.2, 0.25) is 0 Å². The largest absolute Gasteiger partial charge is 0.481 e. The number of benzene rings is 1. The summed E-state index contributed by atoms with van der Waals surface area (Å²) in [6, 6.07) is 7.11. The van der Waals surface area contributed by atoms with E-state index in [9.17, 15) is 9.59 Å². The number of para-hydroxylation sites is 1. The van der Waals surface area contributed by atoms with Gasteiger partial charge in [-0.1, -0.05) is 12.1 Å². The summed E-state index contributed by atoms with van der Waals surface area (Å²) >= 11 is 0. The number of carboxylic acids is 1. The fourth-order valence-electron chi connectivity index (χ4n) is 2.18. The third-order valence-electron chi connectivity index (χ3n) is 3.55. The minimum Gasteiger partial charge on any atom is -0.481 e. The molecule has 0 aliphatic heterocycles. The van der Waals surface area contributed by atoms with Crippen molar-refractivity contribution >= 4 is 17.7 Å². The molecule has 0 radical (unpaired) electrons. The number of carboxylic acid groups (broad SMARTS) is 1. The van der Waals surface area contributed by atoms with Crippen molar-refractivity contribution in [2.75, 3.05) is 18.9 Å². The summed E-state index contributed by atoms with van der Waals surface area (Å²) < 4.78 is 1.92. The van der Waals surface area contributed by atoms with E-state index in [-0.39, 0.29) is 25.0 Å². The number of aromatic nitrogens is 3. The number of rotatable bonds is 6. The van der Waals surface area contributed by atoms with Crippen LogP contribution in [0.4, 0.5) is 10.5 Å². The molecule has 0 aliphatic rings. The highest BCUT2D eigenvalue weighted by Gasteiger charge is 2.16. The van der Waals surface area contributed by atoms with Crippen molar-refractivity contribution in [3.63, 3.8) is 0 Å². The normalized spacial score (nSPS) is 10.7. The maximum atomic E-state index is 12.2. The maximum absolute atomic E-state index is 12.2. The summed E-state index contributed by atoms with van der Waals surface area (Å²) in [5.41, 5.74) is 1.35. The number of nitrogens with one attached hydrogen (secondary N) is 1.